The number of carbonyl (C=O) groups is 1. The smallest absolute Gasteiger partial charge is 0.253 e. The number of carbonyl (C=O) groups excluding carboxylic acids is 1. The molecular weight excluding hydrogens is 287 g/mol. The van der Waals surface area contributed by atoms with Crippen LogP contribution in [0, 0.1) is 3.57 Å². The van der Waals surface area contributed by atoms with Crippen LogP contribution in [-0.4, -0.2) is 23.9 Å². The van der Waals surface area contributed by atoms with Gasteiger partial charge in [0.25, 0.3) is 5.91 Å². The van der Waals surface area contributed by atoms with E-state index >= 15 is 0 Å². The summed E-state index contributed by atoms with van der Waals surface area (Å²) in [6, 6.07) is 7.67. The maximum Gasteiger partial charge on any atom is 0.253 e. The third-order valence-electron chi connectivity index (χ3n) is 2.14. The molecule has 1 amide bonds. The molecule has 0 N–H and O–H groups in total. The summed E-state index contributed by atoms with van der Waals surface area (Å²) in [6.07, 6.45) is 0. The Bertz CT molecular complexity index is 304. The van der Waals surface area contributed by atoms with Crippen molar-refractivity contribution in [2.24, 2.45) is 0 Å². The van der Waals surface area contributed by atoms with Crippen LogP contribution < -0.4 is 0 Å². The Morgan fingerprint density at radius 3 is 2.14 bits per heavy atom. The van der Waals surface area contributed by atoms with Crippen molar-refractivity contribution in [1.29, 1.82) is 0 Å². The molecule has 0 aliphatic rings. The van der Waals surface area contributed by atoms with Gasteiger partial charge in [-0.25, -0.2) is 0 Å². The van der Waals surface area contributed by atoms with Crippen molar-refractivity contribution in [2.45, 2.75) is 13.8 Å². The van der Waals surface area contributed by atoms with Crippen LogP contribution in [0.15, 0.2) is 24.3 Å². The SMILES string of the molecule is CCN(CC)C(=O)c1ccc([125I])cc1. The van der Waals surface area contributed by atoms with Crippen LogP contribution in [0.1, 0.15) is 24.2 Å². The third kappa shape index (κ3) is 2.70. The second-order valence-corrected chi connectivity index (χ2v) is 4.23. The molecule has 0 heterocycles. The summed E-state index contributed by atoms with van der Waals surface area (Å²) in [4.78, 5) is 13.7. The van der Waals surface area contributed by atoms with Crippen LogP contribution in [0.5, 0.6) is 0 Å². The van der Waals surface area contributed by atoms with Crippen LogP contribution in [0.25, 0.3) is 0 Å². The molecule has 0 unspecified atom stereocenters. The minimum absolute atomic E-state index is 0.117. The number of rotatable bonds is 3. The highest BCUT2D eigenvalue weighted by molar-refractivity contribution is 14.1. The van der Waals surface area contributed by atoms with Gasteiger partial charge in [0.1, 0.15) is 0 Å². The largest absolute Gasteiger partial charge is 0.339 e. The standard InChI is InChI=1S/C11H14INO/c1-3-13(4-2)11(14)9-5-7-10(12)8-6-9/h5-8H,3-4H2,1-2H3/i12-2. The van der Waals surface area contributed by atoms with Gasteiger partial charge in [0, 0.05) is 22.2 Å². The predicted molar refractivity (Wildman–Crippen MR) is 66.4 cm³/mol. The van der Waals surface area contributed by atoms with Gasteiger partial charge in [0.2, 0.25) is 0 Å². The molecular formula is C11H14INO. The Labute approximate surface area is 98.4 Å². The Morgan fingerprint density at radius 1 is 1.21 bits per heavy atom. The minimum Gasteiger partial charge on any atom is -0.339 e. The van der Waals surface area contributed by atoms with Crippen molar-refractivity contribution in [3.8, 4) is 0 Å². The molecule has 1 aromatic rings. The van der Waals surface area contributed by atoms with Gasteiger partial charge < -0.3 is 4.90 Å². The number of benzene rings is 1. The fourth-order valence-corrected chi connectivity index (χ4v) is 1.65. The summed E-state index contributed by atoms with van der Waals surface area (Å²) in [6.45, 7) is 5.52. The van der Waals surface area contributed by atoms with E-state index in [0.29, 0.717) is 0 Å². The molecule has 2 nitrogen and oxygen atoms in total. The molecule has 3 heteroatoms. The van der Waals surface area contributed by atoms with Crippen molar-refractivity contribution in [3.63, 3.8) is 0 Å². The Hall–Kier alpha value is -0.580. The zero-order valence-electron chi connectivity index (χ0n) is 8.46. The van der Waals surface area contributed by atoms with Gasteiger partial charge in [-0.15, -0.1) is 0 Å². The van der Waals surface area contributed by atoms with Gasteiger partial charge in [0.15, 0.2) is 0 Å². The number of halogens is 1. The first-order valence-electron chi connectivity index (χ1n) is 4.73. The summed E-state index contributed by atoms with van der Waals surface area (Å²) in [5.41, 5.74) is 0.772. The molecule has 0 fully saturated rings. The highest BCUT2D eigenvalue weighted by Gasteiger charge is 2.11. The average molecular weight is 301 g/mol. The quantitative estimate of drug-likeness (QED) is 0.786. The molecule has 1 aromatic carbocycles. The third-order valence-corrected chi connectivity index (χ3v) is 2.86. The van der Waals surface area contributed by atoms with E-state index in [1.807, 2.05) is 43.0 Å². The van der Waals surface area contributed by atoms with Crippen molar-refractivity contribution in [2.75, 3.05) is 13.1 Å². The monoisotopic (exact) mass is 301 g/mol. The normalized spacial score (nSPS) is 9.93. The summed E-state index contributed by atoms with van der Waals surface area (Å²) in [5.74, 6) is 0.117. The lowest BCUT2D eigenvalue weighted by Gasteiger charge is -2.18. The molecule has 0 aliphatic carbocycles. The van der Waals surface area contributed by atoms with E-state index in [2.05, 4.69) is 22.6 Å². The van der Waals surface area contributed by atoms with Gasteiger partial charge in [-0.3, -0.25) is 4.79 Å². The maximum atomic E-state index is 11.8. The first kappa shape index (κ1) is 11.5. The lowest BCUT2D eigenvalue weighted by Crippen LogP contribution is -2.30. The summed E-state index contributed by atoms with van der Waals surface area (Å²) >= 11 is 2.23. The Balaban J connectivity index is 2.83. The highest BCUT2D eigenvalue weighted by Crippen LogP contribution is 2.09. The summed E-state index contributed by atoms with van der Waals surface area (Å²) < 4.78 is 1.15. The van der Waals surface area contributed by atoms with Gasteiger partial charge in [0.05, 0.1) is 0 Å². The summed E-state index contributed by atoms with van der Waals surface area (Å²) in [7, 11) is 0. The molecule has 76 valence electrons. The number of amides is 1. The van der Waals surface area contributed by atoms with E-state index in [1.165, 1.54) is 0 Å². The molecule has 0 saturated carbocycles. The van der Waals surface area contributed by atoms with Crippen LogP contribution in [0.2, 0.25) is 0 Å². The molecule has 0 spiro atoms. The minimum atomic E-state index is 0.117. The number of hydrogen-bond acceptors (Lipinski definition) is 1. The van der Waals surface area contributed by atoms with Crippen LogP contribution in [0.3, 0.4) is 0 Å². The van der Waals surface area contributed by atoms with E-state index in [-0.39, 0.29) is 5.91 Å². The van der Waals surface area contributed by atoms with E-state index in [0.717, 1.165) is 22.2 Å². The van der Waals surface area contributed by atoms with E-state index in [9.17, 15) is 4.79 Å². The second kappa shape index (κ2) is 5.34. The van der Waals surface area contributed by atoms with Crippen LogP contribution >= 0.6 is 22.6 Å². The summed E-state index contributed by atoms with van der Waals surface area (Å²) in [5, 5.41) is 0. The molecule has 0 aromatic heterocycles. The first-order chi connectivity index (χ1) is 6.69. The van der Waals surface area contributed by atoms with Crippen molar-refractivity contribution in [1.82, 2.24) is 4.90 Å². The van der Waals surface area contributed by atoms with E-state index in [1.54, 1.807) is 0 Å². The molecule has 0 atom stereocenters. The lowest BCUT2D eigenvalue weighted by atomic mass is 10.2. The van der Waals surface area contributed by atoms with Crippen molar-refractivity contribution in [3.05, 3.63) is 33.4 Å². The lowest BCUT2D eigenvalue weighted by molar-refractivity contribution is 0.0773. The van der Waals surface area contributed by atoms with Gasteiger partial charge in [-0.05, 0) is 60.7 Å². The molecule has 0 saturated heterocycles. The zero-order valence-corrected chi connectivity index (χ0v) is 10.6. The first-order valence-corrected chi connectivity index (χ1v) is 5.81. The second-order valence-electron chi connectivity index (χ2n) is 2.98. The van der Waals surface area contributed by atoms with Crippen molar-refractivity contribution >= 4 is 28.5 Å². The fraction of sp³-hybridized carbons (Fsp3) is 0.364. The van der Waals surface area contributed by atoms with E-state index < -0.39 is 0 Å². The van der Waals surface area contributed by atoms with Gasteiger partial charge >= 0.3 is 0 Å². The van der Waals surface area contributed by atoms with Crippen LogP contribution in [-0.2, 0) is 0 Å². The molecule has 1 rings (SSSR count). The van der Waals surface area contributed by atoms with E-state index in [4.69, 9.17) is 0 Å². The Morgan fingerprint density at radius 2 is 1.71 bits per heavy atom. The molecule has 14 heavy (non-hydrogen) atoms. The Kier molecular flexibility index (Phi) is 4.38. The fourth-order valence-electron chi connectivity index (χ4n) is 1.29. The van der Waals surface area contributed by atoms with Crippen molar-refractivity contribution < 1.29 is 4.79 Å². The maximum absolute atomic E-state index is 11.8. The zero-order chi connectivity index (χ0) is 10.6. The van der Waals surface area contributed by atoms with Crippen LogP contribution in [0.4, 0.5) is 0 Å². The number of hydrogen-bond donors (Lipinski definition) is 0. The average Bonchev–Trinajstić information content (AvgIpc) is 2.20. The molecule has 0 radical (unpaired) electrons. The van der Waals surface area contributed by atoms with Gasteiger partial charge in [-0.2, -0.15) is 0 Å². The number of nitrogens with zero attached hydrogens (tertiary/aromatic N) is 1. The topological polar surface area (TPSA) is 20.3 Å². The van der Waals surface area contributed by atoms with Gasteiger partial charge in [-0.1, -0.05) is 0 Å². The highest BCUT2D eigenvalue weighted by atomic mass is 125. The predicted octanol–water partition coefficient (Wildman–Crippen LogP) is 2.77. The molecule has 0 aliphatic heterocycles. The molecule has 0 bridgehead atoms.